The van der Waals surface area contributed by atoms with Crippen molar-refractivity contribution in [2.75, 3.05) is 13.2 Å². The number of hydrogen-bond acceptors (Lipinski definition) is 3. The van der Waals surface area contributed by atoms with E-state index >= 15 is 0 Å². The summed E-state index contributed by atoms with van der Waals surface area (Å²) in [6, 6.07) is 0. The quantitative estimate of drug-likeness (QED) is 0.552. The van der Waals surface area contributed by atoms with Crippen LogP contribution in [0.25, 0.3) is 0 Å². The molecule has 3 aliphatic heterocycles. The third-order valence-corrected chi connectivity index (χ3v) is 10.3. The van der Waals surface area contributed by atoms with E-state index in [0.29, 0.717) is 30.5 Å². The highest BCUT2D eigenvalue weighted by Gasteiger charge is 2.71. The Morgan fingerprint density at radius 3 is 2.67 bits per heavy atom. The van der Waals surface area contributed by atoms with Crippen LogP contribution in [0.1, 0.15) is 84.5 Å². The lowest BCUT2D eigenvalue weighted by Crippen LogP contribution is -2.95. The molecule has 5 nitrogen and oxygen atoms in total. The first kappa shape index (κ1) is 21.6. The first-order valence-corrected chi connectivity index (χ1v) is 13.0. The van der Waals surface area contributed by atoms with Gasteiger partial charge in [-0.25, -0.2) is 0 Å². The minimum atomic E-state index is -0.113. The standard InChI is InChI=1S/C25H45N3O2/c1-23(2)22-18-7-8-20(14-29)25(22,27)15-24(12-18,30-23)19-5-3-4-16(11-19)10-17-6-9-21(26)28-13-17/h16-22,28-29H,3-15,26-27H2,1-2H3/p+2. The lowest BCUT2D eigenvalue weighted by atomic mass is 9.44. The fourth-order valence-electron chi connectivity index (χ4n) is 9.43. The van der Waals surface area contributed by atoms with Crippen LogP contribution in [-0.2, 0) is 4.74 Å². The summed E-state index contributed by atoms with van der Waals surface area (Å²) in [6.45, 7) is 6.19. The molecule has 0 amide bonds. The van der Waals surface area contributed by atoms with Crippen molar-refractivity contribution in [2.45, 2.75) is 107 Å². The summed E-state index contributed by atoms with van der Waals surface area (Å²) >= 11 is 0. The molecule has 4 bridgehead atoms. The van der Waals surface area contributed by atoms with Gasteiger partial charge in [-0.3, -0.25) is 5.73 Å². The number of rotatable bonds is 4. The van der Waals surface area contributed by atoms with Crippen LogP contribution in [-0.4, -0.2) is 41.2 Å². The van der Waals surface area contributed by atoms with Gasteiger partial charge in [0.25, 0.3) is 0 Å². The van der Waals surface area contributed by atoms with Gasteiger partial charge in [0.05, 0.1) is 24.4 Å². The Hall–Kier alpha value is -0.200. The van der Waals surface area contributed by atoms with E-state index in [1.807, 2.05) is 0 Å². The van der Waals surface area contributed by atoms with E-state index in [0.717, 1.165) is 30.6 Å². The Morgan fingerprint density at radius 2 is 1.93 bits per heavy atom. The van der Waals surface area contributed by atoms with Gasteiger partial charge in [-0.05, 0) is 76.5 Å². The van der Waals surface area contributed by atoms with Crippen LogP contribution in [0.2, 0.25) is 0 Å². The molecule has 5 heteroatoms. The number of fused-ring (bicyclic) bond motifs is 1. The fourth-order valence-corrected chi connectivity index (χ4v) is 9.43. The Balaban J connectivity index is 1.35. The molecule has 6 aliphatic rings. The summed E-state index contributed by atoms with van der Waals surface area (Å²) in [4.78, 5) is 0. The van der Waals surface area contributed by atoms with Gasteiger partial charge < -0.3 is 20.9 Å². The lowest BCUT2D eigenvalue weighted by molar-refractivity contribution is -0.703. The van der Waals surface area contributed by atoms with Gasteiger partial charge in [0.15, 0.2) is 0 Å². The second kappa shape index (κ2) is 7.69. The third kappa shape index (κ3) is 3.48. The van der Waals surface area contributed by atoms with Crippen molar-refractivity contribution in [3.05, 3.63) is 0 Å². The van der Waals surface area contributed by atoms with Crippen molar-refractivity contribution >= 4 is 0 Å². The zero-order valence-corrected chi connectivity index (χ0v) is 19.5. The molecule has 3 saturated carbocycles. The predicted molar refractivity (Wildman–Crippen MR) is 117 cm³/mol. The molecule has 0 aromatic carbocycles. The number of piperidine rings is 1. The molecule has 172 valence electrons. The summed E-state index contributed by atoms with van der Waals surface area (Å²) in [6.07, 6.45) is 14.4. The van der Waals surface area contributed by atoms with Crippen LogP contribution in [0.4, 0.5) is 0 Å². The maximum absolute atomic E-state index is 10.2. The topological polar surface area (TPSA) is 99.7 Å². The predicted octanol–water partition coefficient (Wildman–Crippen LogP) is 1.40. The van der Waals surface area contributed by atoms with Crippen LogP contribution >= 0.6 is 0 Å². The van der Waals surface area contributed by atoms with Gasteiger partial charge in [-0.15, -0.1) is 0 Å². The van der Waals surface area contributed by atoms with Gasteiger partial charge >= 0.3 is 0 Å². The minimum absolute atomic E-state index is 0.000914. The van der Waals surface area contributed by atoms with Crippen molar-refractivity contribution in [3.63, 3.8) is 0 Å². The molecule has 3 saturated heterocycles. The Morgan fingerprint density at radius 1 is 1.10 bits per heavy atom. The summed E-state index contributed by atoms with van der Waals surface area (Å²) in [5.41, 5.74) is 10.9. The van der Waals surface area contributed by atoms with Crippen molar-refractivity contribution in [2.24, 2.45) is 41.2 Å². The zero-order valence-electron chi connectivity index (χ0n) is 19.5. The van der Waals surface area contributed by atoms with E-state index in [-0.39, 0.29) is 16.7 Å². The Labute approximate surface area is 183 Å². The summed E-state index contributed by atoms with van der Waals surface area (Å²) in [5, 5.41) is 12.6. The van der Waals surface area contributed by atoms with Gasteiger partial charge in [-0.1, -0.05) is 12.8 Å². The van der Waals surface area contributed by atoms with E-state index in [1.165, 1.54) is 64.3 Å². The molecule has 0 spiro atoms. The molecule has 0 aromatic heterocycles. The first-order valence-electron chi connectivity index (χ1n) is 13.0. The Bertz CT molecular complexity index is 634. The van der Waals surface area contributed by atoms with E-state index in [9.17, 15) is 5.11 Å². The van der Waals surface area contributed by atoms with E-state index in [2.05, 4.69) is 19.2 Å². The number of nitrogens with two attached hydrogens (primary N) is 2. The first-order chi connectivity index (χ1) is 14.3. The summed E-state index contributed by atoms with van der Waals surface area (Å²) in [7, 11) is 0. The van der Waals surface area contributed by atoms with Gasteiger partial charge in [0, 0.05) is 30.6 Å². The van der Waals surface area contributed by atoms with Crippen LogP contribution in [0, 0.1) is 35.5 Å². The van der Waals surface area contributed by atoms with Gasteiger partial charge in [-0.2, -0.15) is 0 Å². The maximum atomic E-state index is 10.2. The normalized spacial score (nSPS) is 52.9. The Kier molecular flexibility index (Phi) is 5.55. The smallest absolute Gasteiger partial charge is 0.137 e. The molecular formula is C25H47N3O2+2. The molecule has 6 rings (SSSR count). The SMILES string of the molecule is CC1(C)OC2(C3CCCC(CC4CCC(N)[NH2+]C4)C3)CC3CCC(CO)C([NH3+])(C2)C31. The fraction of sp³-hybridized carbons (Fsp3) is 1.00. The molecule has 8 N–H and O–H groups in total. The molecule has 0 radical (unpaired) electrons. The molecule has 30 heavy (non-hydrogen) atoms. The molecule has 6 fully saturated rings. The molecule has 9 atom stereocenters. The van der Waals surface area contributed by atoms with Crippen molar-refractivity contribution < 1.29 is 20.9 Å². The van der Waals surface area contributed by atoms with E-state index in [4.69, 9.17) is 16.2 Å². The minimum Gasteiger partial charge on any atom is -0.396 e. The molecule has 0 aromatic rings. The molecule has 9 unspecified atom stereocenters. The number of aliphatic hydroxyl groups is 1. The molecule has 3 heterocycles. The monoisotopic (exact) mass is 421 g/mol. The van der Waals surface area contributed by atoms with Crippen LogP contribution in [0.15, 0.2) is 0 Å². The van der Waals surface area contributed by atoms with Crippen molar-refractivity contribution in [1.82, 2.24) is 0 Å². The van der Waals surface area contributed by atoms with Gasteiger partial charge in [0.1, 0.15) is 11.7 Å². The molecular weight excluding hydrogens is 374 g/mol. The summed E-state index contributed by atoms with van der Waals surface area (Å²) < 4.78 is 7.10. The van der Waals surface area contributed by atoms with Crippen LogP contribution in [0.5, 0.6) is 0 Å². The molecule has 3 aliphatic carbocycles. The average molecular weight is 422 g/mol. The van der Waals surface area contributed by atoms with Crippen molar-refractivity contribution in [3.8, 4) is 0 Å². The van der Waals surface area contributed by atoms with Crippen molar-refractivity contribution in [1.29, 1.82) is 0 Å². The van der Waals surface area contributed by atoms with E-state index in [1.54, 1.807) is 0 Å². The number of aliphatic hydroxyl groups excluding tert-OH is 1. The average Bonchev–Trinajstić information content (AvgIpc) is 2.68. The summed E-state index contributed by atoms with van der Waals surface area (Å²) in [5.74, 6) is 3.96. The number of quaternary nitrogens is 2. The largest absolute Gasteiger partial charge is 0.396 e. The zero-order chi connectivity index (χ0) is 21.1. The maximum Gasteiger partial charge on any atom is 0.137 e. The number of ether oxygens (including phenoxy) is 1. The van der Waals surface area contributed by atoms with Gasteiger partial charge in [0.2, 0.25) is 0 Å². The van der Waals surface area contributed by atoms with Crippen LogP contribution < -0.4 is 16.8 Å². The van der Waals surface area contributed by atoms with E-state index < -0.39 is 0 Å². The lowest BCUT2D eigenvalue weighted by Gasteiger charge is -2.69. The second-order valence-electron chi connectivity index (χ2n) is 12.6. The highest BCUT2D eigenvalue weighted by Crippen LogP contribution is 2.64. The third-order valence-electron chi connectivity index (χ3n) is 10.3. The number of hydrogen-bond donors (Lipinski definition) is 4. The second-order valence-corrected chi connectivity index (χ2v) is 12.6. The van der Waals surface area contributed by atoms with Crippen LogP contribution in [0.3, 0.4) is 0 Å². The highest BCUT2D eigenvalue weighted by molar-refractivity contribution is 5.18. The highest BCUT2D eigenvalue weighted by atomic mass is 16.5.